The summed E-state index contributed by atoms with van der Waals surface area (Å²) in [6.45, 7) is 3.43. The van der Waals surface area contributed by atoms with Crippen LogP contribution in [-0.2, 0) is 9.53 Å². The molecular formula is C11H19FN2O3. The predicted octanol–water partition coefficient (Wildman–Crippen LogP) is 1.03. The second-order valence-electron chi connectivity index (χ2n) is 4.77. The molecule has 0 bridgehead atoms. The Morgan fingerprint density at radius 2 is 2.00 bits per heavy atom. The molecule has 1 fully saturated rings. The summed E-state index contributed by atoms with van der Waals surface area (Å²) in [5.41, 5.74) is -1.97. The van der Waals surface area contributed by atoms with Crippen molar-refractivity contribution in [2.45, 2.75) is 32.0 Å². The van der Waals surface area contributed by atoms with E-state index in [9.17, 15) is 14.0 Å². The minimum absolute atomic E-state index is 0.0250. The van der Waals surface area contributed by atoms with E-state index in [1.807, 2.05) is 0 Å². The molecule has 6 heteroatoms. The first-order valence-corrected chi connectivity index (χ1v) is 5.62. The van der Waals surface area contributed by atoms with Gasteiger partial charge >= 0.3 is 6.09 Å². The van der Waals surface area contributed by atoms with Gasteiger partial charge < -0.3 is 14.5 Å². The van der Waals surface area contributed by atoms with E-state index in [1.165, 1.54) is 23.9 Å². The summed E-state index contributed by atoms with van der Waals surface area (Å²) >= 11 is 0. The van der Waals surface area contributed by atoms with Crippen molar-refractivity contribution in [2.75, 3.05) is 27.2 Å². The number of carbonyl (C=O) groups excluding carboxylic acids is 2. The van der Waals surface area contributed by atoms with Gasteiger partial charge in [0, 0.05) is 27.1 Å². The molecule has 98 valence electrons. The Kier molecular flexibility index (Phi) is 3.95. The first-order chi connectivity index (χ1) is 7.76. The molecule has 17 heavy (non-hydrogen) atoms. The van der Waals surface area contributed by atoms with Gasteiger partial charge in [-0.1, -0.05) is 0 Å². The molecule has 0 aromatic heterocycles. The Balaban J connectivity index is 2.63. The molecule has 0 aliphatic carbocycles. The lowest BCUT2D eigenvalue weighted by Gasteiger charge is -2.23. The summed E-state index contributed by atoms with van der Waals surface area (Å²) in [4.78, 5) is 25.6. The van der Waals surface area contributed by atoms with Crippen LogP contribution in [0.5, 0.6) is 0 Å². The van der Waals surface area contributed by atoms with E-state index < -0.39 is 17.7 Å². The molecule has 1 heterocycles. The molecule has 0 aromatic carbocycles. The van der Waals surface area contributed by atoms with Crippen LogP contribution in [0, 0.1) is 0 Å². The van der Waals surface area contributed by atoms with Crippen LogP contribution in [-0.4, -0.2) is 60.8 Å². The highest BCUT2D eigenvalue weighted by Gasteiger charge is 2.47. The van der Waals surface area contributed by atoms with Crippen molar-refractivity contribution < 1.29 is 18.7 Å². The van der Waals surface area contributed by atoms with Crippen LogP contribution in [0.2, 0.25) is 0 Å². The number of amides is 2. The molecule has 0 spiro atoms. The van der Waals surface area contributed by atoms with E-state index in [0.29, 0.717) is 0 Å². The predicted molar refractivity (Wildman–Crippen MR) is 60.3 cm³/mol. The summed E-state index contributed by atoms with van der Waals surface area (Å²) in [6.07, 6.45) is -0.787. The molecule has 1 aliphatic heterocycles. The van der Waals surface area contributed by atoms with Gasteiger partial charge in [0.05, 0.1) is 12.6 Å². The first kappa shape index (κ1) is 13.7. The van der Waals surface area contributed by atoms with Gasteiger partial charge in [-0.2, -0.15) is 0 Å². The van der Waals surface area contributed by atoms with E-state index in [4.69, 9.17) is 4.74 Å². The number of carbonyl (C=O) groups is 2. The van der Waals surface area contributed by atoms with Gasteiger partial charge in [-0.15, -0.1) is 0 Å². The second-order valence-corrected chi connectivity index (χ2v) is 4.77. The zero-order chi connectivity index (χ0) is 13.2. The lowest BCUT2D eigenvalue weighted by molar-refractivity contribution is -0.140. The SMILES string of the molecule is CC(C)OC(=O)N1CCC(F)(C(=O)N(C)C)C1. The van der Waals surface area contributed by atoms with Crippen LogP contribution in [0.1, 0.15) is 20.3 Å². The average Bonchev–Trinajstić information content (AvgIpc) is 2.60. The van der Waals surface area contributed by atoms with Crippen LogP contribution >= 0.6 is 0 Å². The maximum Gasteiger partial charge on any atom is 0.410 e. The Bertz CT molecular complexity index is 320. The highest BCUT2D eigenvalue weighted by atomic mass is 19.1. The third-order valence-corrected chi connectivity index (χ3v) is 2.60. The monoisotopic (exact) mass is 246 g/mol. The average molecular weight is 246 g/mol. The number of rotatable bonds is 2. The highest BCUT2D eigenvalue weighted by molar-refractivity contribution is 5.86. The van der Waals surface area contributed by atoms with Gasteiger partial charge in [0.15, 0.2) is 0 Å². The molecule has 1 unspecified atom stereocenters. The molecule has 0 saturated carbocycles. The normalized spacial score (nSPS) is 24.0. The summed E-state index contributed by atoms with van der Waals surface area (Å²) < 4.78 is 19.2. The summed E-state index contributed by atoms with van der Waals surface area (Å²) in [5, 5.41) is 0. The van der Waals surface area contributed by atoms with Gasteiger partial charge in [0.25, 0.3) is 5.91 Å². The fourth-order valence-corrected chi connectivity index (χ4v) is 1.78. The standard InChI is InChI=1S/C11H19FN2O3/c1-8(2)17-10(16)14-6-5-11(12,7-14)9(15)13(3)4/h8H,5-7H2,1-4H3. The van der Waals surface area contributed by atoms with Gasteiger partial charge in [-0.25, -0.2) is 9.18 Å². The third kappa shape index (κ3) is 3.08. The van der Waals surface area contributed by atoms with Crippen molar-refractivity contribution in [1.82, 2.24) is 9.80 Å². The quantitative estimate of drug-likeness (QED) is 0.731. The lowest BCUT2D eigenvalue weighted by atomic mass is 10.0. The Morgan fingerprint density at radius 3 is 2.47 bits per heavy atom. The summed E-state index contributed by atoms with van der Waals surface area (Å²) in [6, 6.07) is 0. The largest absolute Gasteiger partial charge is 0.447 e. The van der Waals surface area contributed by atoms with Crippen molar-refractivity contribution in [3.63, 3.8) is 0 Å². The lowest BCUT2D eigenvalue weighted by Crippen LogP contribution is -2.45. The number of alkyl halides is 1. The van der Waals surface area contributed by atoms with E-state index >= 15 is 0 Å². The molecule has 5 nitrogen and oxygen atoms in total. The van der Waals surface area contributed by atoms with Gasteiger partial charge in [0.2, 0.25) is 5.67 Å². The van der Waals surface area contributed by atoms with Crippen molar-refractivity contribution in [3.05, 3.63) is 0 Å². The third-order valence-electron chi connectivity index (χ3n) is 2.60. The van der Waals surface area contributed by atoms with Gasteiger partial charge in [-0.3, -0.25) is 4.79 Å². The Morgan fingerprint density at radius 1 is 1.41 bits per heavy atom. The molecule has 0 radical (unpaired) electrons. The molecule has 0 N–H and O–H groups in total. The summed E-state index contributed by atoms with van der Waals surface area (Å²) in [7, 11) is 3.00. The first-order valence-electron chi connectivity index (χ1n) is 5.62. The number of halogens is 1. The fourth-order valence-electron chi connectivity index (χ4n) is 1.78. The van der Waals surface area contributed by atoms with Crippen molar-refractivity contribution >= 4 is 12.0 Å². The van der Waals surface area contributed by atoms with E-state index in [0.717, 1.165) is 0 Å². The minimum atomic E-state index is -1.97. The van der Waals surface area contributed by atoms with Crippen molar-refractivity contribution in [1.29, 1.82) is 0 Å². The maximum atomic E-state index is 14.3. The fraction of sp³-hybridized carbons (Fsp3) is 0.818. The maximum absolute atomic E-state index is 14.3. The zero-order valence-corrected chi connectivity index (χ0v) is 10.7. The van der Waals surface area contributed by atoms with E-state index in [-0.39, 0.29) is 25.6 Å². The number of hydrogen-bond acceptors (Lipinski definition) is 3. The molecule has 1 saturated heterocycles. The van der Waals surface area contributed by atoms with Crippen molar-refractivity contribution in [3.8, 4) is 0 Å². The zero-order valence-electron chi connectivity index (χ0n) is 10.7. The molecule has 1 aliphatic rings. The topological polar surface area (TPSA) is 49.9 Å². The molecule has 1 atom stereocenters. The second kappa shape index (κ2) is 4.89. The smallest absolute Gasteiger partial charge is 0.410 e. The molecule has 0 aromatic rings. The van der Waals surface area contributed by atoms with E-state index in [1.54, 1.807) is 13.8 Å². The summed E-state index contributed by atoms with van der Waals surface area (Å²) in [5.74, 6) is -0.600. The number of hydrogen-bond donors (Lipinski definition) is 0. The minimum Gasteiger partial charge on any atom is -0.447 e. The molecule has 1 rings (SSSR count). The van der Waals surface area contributed by atoms with Crippen LogP contribution < -0.4 is 0 Å². The van der Waals surface area contributed by atoms with E-state index in [2.05, 4.69) is 0 Å². The van der Waals surface area contributed by atoms with Crippen LogP contribution in [0.4, 0.5) is 9.18 Å². The number of nitrogens with zero attached hydrogens (tertiary/aromatic N) is 2. The Labute approximate surface area is 101 Å². The van der Waals surface area contributed by atoms with Crippen LogP contribution in [0.25, 0.3) is 0 Å². The molecular weight excluding hydrogens is 227 g/mol. The van der Waals surface area contributed by atoms with Crippen LogP contribution in [0.15, 0.2) is 0 Å². The number of ether oxygens (including phenoxy) is 1. The van der Waals surface area contributed by atoms with Crippen LogP contribution in [0.3, 0.4) is 0 Å². The van der Waals surface area contributed by atoms with Gasteiger partial charge in [0.1, 0.15) is 0 Å². The molecule has 2 amide bonds. The highest BCUT2D eigenvalue weighted by Crippen LogP contribution is 2.27. The number of likely N-dealkylation sites (tertiary alicyclic amines) is 1. The Hall–Kier alpha value is -1.33. The van der Waals surface area contributed by atoms with Crippen molar-refractivity contribution in [2.24, 2.45) is 0 Å². The van der Waals surface area contributed by atoms with Gasteiger partial charge in [-0.05, 0) is 13.8 Å².